The summed E-state index contributed by atoms with van der Waals surface area (Å²) >= 11 is 1.41. The molecule has 0 fully saturated rings. The summed E-state index contributed by atoms with van der Waals surface area (Å²) in [4.78, 5) is 8.09. The highest BCUT2D eigenvalue weighted by atomic mass is 32.2. The van der Waals surface area contributed by atoms with Crippen molar-refractivity contribution in [1.29, 1.82) is 0 Å². The summed E-state index contributed by atoms with van der Waals surface area (Å²) in [5, 5.41) is 18.5. The van der Waals surface area contributed by atoms with E-state index in [1.807, 2.05) is 6.92 Å². The molecule has 1 atom stereocenters. The first-order chi connectivity index (χ1) is 6.22. The summed E-state index contributed by atoms with van der Waals surface area (Å²) in [5.74, 6) is 1.16. The van der Waals surface area contributed by atoms with E-state index in [1.165, 1.54) is 11.8 Å². The highest BCUT2D eigenvalue weighted by molar-refractivity contribution is 7.99. The highest BCUT2D eigenvalue weighted by Gasteiger charge is 2.03. The maximum atomic E-state index is 9.07. The minimum absolute atomic E-state index is 0.211. The standard InChI is InChI=1S/C8H12N2O2S/c1-6-9-3-2-8(10-6)13-5-7(12)4-11/h2-3,7,11-12H,4-5H2,1H3. The molecular weight excluding hydrogens is 188 g/mol. The maximum Gasteiger partial charge on any atom is 0.126 e. The Kier molecular flexibility index (Phi) is 4.14. The van der Waals surface area contributed by atoms with Gasteiger partial charge in [0.1, 0.15) is 5.82 Å². The summed E-state index contributed by atoms with van der Waals surface area (Å²) in [7, 11) is 0. The fourth-order valence-corrected chi connectivity index (χ4v) is 1.57. The molecule has 1 rings (SSSR count). The predicted molar refractivity (Wildman–Crippen MR) is 50.6 cm³/mol. The lowest BCUT2D eigenvalue weighted by Crippen LogP contribution is -2.14. The Hall–Kier alpha value is -0.650. The van der Waals surface area contributed by atoms with E-state index in [9.17, 15) is 0 Å². The van der Waals surface area contributed by atoms with Gasteiger partial charge in [0.05, 0.1) is 17.7 Å². The summed E-state index contributed by atoms with van der Waals surface area (Å²) in [6.07, 6.45) is 0.996. The molecule has 1 unspecified atom stereocenters. The van der Waals surface area contributed by atoms with Crippen LogP contribution in [0.5, 0.6) is 0 Å². The van der Waals surface area contributed by atoms with E-state index in [2.05, 4.69) is 9.97 Å². The summed E-state index contributed by atoms with van der Waals surface area (Å²) in [6, 6.07) is 1.78. The maximum absolute atomic E-state index is 9.07. The molecule has 1 heterocycles. The van der Waals surface area contributed by atoms with Gasteiger partial charge in [-0.2, -0.15) is 0 Å². The second kappa shape index (κ2) is 5.16. The molecule has 5 heteroatoms. The average molecular weight is 200 g/mol. The van der Waals surface area contributed by atoms with Crippen LogP contribution < -0.4 is 0 Å². The largest absolute Gasteiger partial charge is 0.394 e. The third kappa shape index (κ3) is 3.71. The van der Waals surface area contributed by atoms with Crippen molar-refractivity contribution < 1.29 is 10.2 Å². The fourth-order valence-electron chi connectivity index (χ4n) is 0.749. The lowest BCUT2D eigenvalue weighted by Gasteiger charge is -2.05. The summed E-state index contributed by atoms with van der Waals surface area (Å²) in [6.45, 7) is 1.60. The van der Waals surface area contributed by atoms with Gasteiger partial charge in [0.2, 0.25) is 0 Å². The summed E-state index contributed by atoms with van der Waals surface area (Å²) < 4.78 is 0. The van der Waals surface area contributed by atoms with Crippen molar-refractivity contribution >= 4 is 11.8 Å². The molecule has 0 aliphatic rings. The van der Waals surface area contributed by atoms with Crippen LogP contribution in [-0.2, 0) is 0 Å². The van der Waals surface area contributed by atoms with E-state index in [-0.39, 0.29) is 6.61 Å². The molecule has 0 saturated carbocycles. The lowest BCUT2D eigenvalue weighted by molar-refractivity contribution is 0.113. The van der Waals surface area contributed by atoms with Crippen LogP contribution in [-0.4, -0.2) is 38.6 Å². The second-order valence-corrected chi connectivity index (χ2v) is 3.63. The van der Waals surface area contributed by atoms with Gasteiger partial charge in [-0.05, 0) is 13.0 Å². The molecule has 0 aliphatic heterocycles. The molecule has 72 valence electrons. The number of aliphatic hydroxyl groups excluding tert-OH is 2. The van der Waals surface area contributed by atoms with Crippen LogP contribution in [0.15, 0.2) is 17.3 Å². The molecule has 1 aromatic rings. The van der Waals surface area contributed by atoms with Gasteiger partial charge < -0.3 is 10.2 Å². The van der Waals surface area contributed by atoms with Crippen LogP contribution in [0.1, 0.15) is 5.82 Å². The first kappa shape index (κ1) is 10.4. The van der Waals surface area contributed by atoms with Crippen LogP contribution >= 0.6 is 11.8 Å². The van der Waals surface area contributed by atoms with Crippen LogP contribution in [0.4, 0.5) is 0 Å². The minimum atomic E-state index is -0.680. The quantitative estimate of drug-likeness (QED) is 0.538. The van der Waals surface area contributed by atoms with E-state index >= 15 is 0 Å². The van der Waals surface area contributed by atoms with Crippen molar-refractivity contribution in [3.8, 4) is 0 Å². The molecule has 0 aliphatic carbocycles. The van der Waals surface area contributed by atoms with Crippen molar-refractivity contribution in [2.75, 3.05) is 12.4 Å². The van der Waals surface area contributed by atoms with Gasteiger partial charge in [0, 0.05) is 11.9 Å². The third-order valence-corrected chi connectivity index (χ3v) is 2.46. The fraction of sp³-hybridized carbons (Fsp3) is 0.500. The number of rotatable bonds is 4. The molecule has 13 heavy (non-hydrogen) atoms. The van der Waals surface area contributed by atoms with Gasteiger partial charge in [0.15, 0.2) is 0 Å². The molecule has 0 aromatic carbocycles. The third-order valence-electron chi connectivity index (χ3n) is 1.38. The number of aromatic nitrogens is 2. The molecule has 0 bridgehead atoms. The van der Waals surface area contributed by atoms with E-state index in [1.54, 1.807) is 12.3 Å². The molecule has 1 aromatic heterocycles. The first-order valence-electron chi connectivity index (χ1n) is 3.93. The van der Waals surface area contributed by atoms with Crippen molar-refractivity contribution in [2.24, 2.45) is 0 Å². The topological polar surface area (TPSA) is 66.2 Å². The van der Waals surface area contributed by atoms with E-state index in [0.717, 1.165) is 5.03 Å². The molecule has 4 nitrogen and oxygen atoms in total. The van der Waals surface area contributed by atoms with E-state index in [4.69, 9.17) is 10.2 Å². The second-order valence-electron chi connectivity index (χ2n) is 2.59. The zero-order chi connectivity index (χ0) is 9.68. The van der Waals surface area contributed by atoms with Crippen LogP contribution in [0.25, 0.3) is 0 Å². The smallest absolute Gasteiger partial charge is 0.126 e. The van der Waals surface area contributed by atoms with E-state index < -0.39 is 6.10 Å². The monoisotopic (exact) mass is 200 g/mol. The SMILES string of the molecule is Cc1nccc(SCC(O)CO)n1. The van der Waals surface area contributed by atoms with E-state index in [0.29, 0.717) is 11.6 Å². The number of aliphatic hydroxyl groups is 2. The Morgan fingerprint density at radius 2 is 2.38 bits per heavy atom. The molecule has 0 saturated heterocycles. The Morgan fingerprint density at radius 3 is 3.00 bits per heavy atom. The number of nitrogens with zero attached hydrogens (tertiary/aromatic N) is 2. The number of hydrogen-bond acceptors (Lipinski definition) is 5. The molecule has 0 amide bonds. The average Bonchev–Trinajstić information content (AvgIpc) is 2.14. The number of aryl methyl sites for hydroxylation is 1. The van der Waals surface area contributed by atoms with Crippen LogP contribution in [0, 0.1) is 6.92 Å². The molecule has 0 radical (unpaired) electrons. The zero-order valence-electron chi connectivity index (χ0n) is 7.34. The van der Waals surface area contributed by atoms with Crippen molar-refractivity contribution in [1.82, 2.24) is 9.97 Å². The molecule has 2 N–H and O–H groups in total. The van der Waals surface area contributed by atoms with Gasteiger partial charge >= 0.3 is 0 Å². The van der Waals surface area contributed by atoms with Gasteiger partial charge in [-0.3, -0.25) is 0 Å². The Morgan fingerprint density at radius 1 is 1.62 bits per heavy atom. The number of thioether (sulfide) groups is 1. The summed E-state index contributed by atoms with van der Waals surface area (Å²) in [5.41, 5.74) is 0. The van der Waals surface area contributed by atoms with Crippen molar-refractivity contribution in [2.45, 2.75) is 18.1 Å². The van der Waals surface area contributed by atoms with Gasteiger partial charge in [-0.25, -0.2) is 9.97 Å². The normalized spacial score (nSPS) is 12.8. The molecular formula is C8H12N2O2S. The van der Waals surface area contributed by atoms with Gasteiger partial charge in [-0.1, -0.05) is 0 Å². The minimum Gasteiger partial charge on any atom is -0.394 e. The number of hydrogen-bond donors (Lipinski definition) is 2. The lowest BCUT2D eigenvalue weighted by atomic mass is 10.4. The molecule has 0 spiro atoms. The Labute approximate surface area is 81.0 Å². The zero-order valence-corrected chi connectivity index (χ0v) is 8.16. The first-order valence-corrected chi connectivity index (χ1v) is 4.92. The van der Waals surface area contributed by atoms with Crippen molar-refractivity contribution in [3.05, 3.63) is 18.1 Å². The van der Waals surface area contributed by atoms with Gasteiger partial charge in [0.25, 0.3) is 0 Å². The Balaban J connectivity index is 2.45. The highest BCUT2D eigenvalue weighted by Crippen LogP contribution is 2.15. The predicted octanol–water partition coefficient (Wildman–Crippen LogP) is 0.230. The van der Waals surface area contributed by atoms with Gasteiger partial charge in [-0.15, -0.1) is 11.8 Å². The van der Waals surface area contributed by atoms with Crippen molar-refractivity contribution in [3.63, 3.8) is 0 Å². The van der Waals surface area contributed by atoms with Crippen LogP contribution in [0.3, 0.4) is 0 Å². The Bertz CT molecular complexity index is 270. The van der Waals surface area contributed by atoms with Crippen LogP contribution in [0.2, 0.25) is 0 Å².